The molecule has 0 aliphatic heterocycles. The van der Waals surface area contributed by atoms with E-state index < -0.39 is 0 Å². The molecule has 86 valence electrons. The molecular weight excluding hydrogens is 190 g/mol. The second-order valence-electron chi connectivity index (χ2n) is 2.24. The molecule has 1 aromatic rings. The van der Waals surface area contributed by atoms with Crippen LogP contribution in [0.2, 0.25) is 0 Å². The summed E-state index contributed by atoms with van der Waals surface area (Å²) in [7, 11) is 1.35. The summed E-state index contributed by atoms with van der Waals surface area (Å²) >= 11 is 0. The highest BCUT2D eigenvalue weighted by atomic mass is 16.5. The Morgan fingerprint density at radius 3 is 2.13 bits per heavy atom. The molecule has 3 heteroatoms. The Hall–Kier alpha value is -1.38. The Labute approximate surface area is 92.5 Å². The summed E-state index contributed by atoms with van der Waals surface area (Å²) in [6.07, 6.45) is 3.17. The first-order valence-electron chi connectivity index (χ1n) is 5.24. The van der Waals surface area contributed by atoms with E-state index in [1.165, 1.54) is 13.3 Å². The van der Waals surface area contributed by atoms with Crippen molar-refractivity contribution in [2.75, 3.05) is 7.11 Å². The van der Waals surface area contributed by atoms with Crippen molar-refractivity contribution in [1.29, 1.82) is 0 Å². The maximum Gasteiger partial charge on any atom is 0.339 e. The van der Waals surface area contributed by atoms with Gasteiger partial charge in [0.05, 0.1) is 12.7 Å². The van der Waals surface area contributed by atoms with Crippen LogP contribution in [0.1, 0.15) is 43.6 Å². The molecule has 0 aliphatic carbocycles. The van der Waals surface area contributed by atoms with Crippen LogP contribution in [-0.2, 0) is 4.74 Å². The zero-order valence-corrected chi connectivity index (χ0v) is 10.5. The Kier molecular flexibility index (Phi) is 11.5. The van der Waals surface area contributed by atoms with E-state index in [0.717, 1.165) is 5.56 Å². The molecule has 0 aromatic carbocycles. The van der Waals surface area contributed by atoms with Crippen LogP contribution in [0.3, 0.4) is 0 Å². The summed E-state index contributed by atoms with van der Waals surface area (Å²) in [6.45, 7) is 9.87. The van der Waals surface area contributed by atoms with E-state index in [-0.39, 0.29) is 5.97 Å². The van der Waals surface area contributed by atoms with E-state index >= 15 is 0 Å². The van der Waals surface area contributed by atoms with Gasteiger partial charge in [0.2, 0.25) is 0 Å². The number of methoxy groups -OCH3 is 1. The standard InChI is InChI=1S/C8H9NO2.2C2H6/c1-6-3-7(5-9-4-6)8(10)11-2;2*1-2/h3-5H,1-2H3;2*1-2H3. The summed E-state index contributed by atoms with van der Waals surface area (Å²) in [6, 6.07) is 1.73. The largest absolute Gasteiger partial charge is 0.465 e. The average molecular weight is 211 g/mol. The molecule has 0 saturated heterocycles. The molecule has 1 rings (SSSR count). The third-order valence-electron chi connectivity index (χ3n) is 1.30. The number of aryl methyl sites for hydroxylation is 1. The third kappa shape index (κ3) is 6.66. The minimum absolute atomic E-state index is 0.346. The van der Waals surface area contributed by atoms with Crippen LogP contribution in [0.15, 0.2) is 18.5 Å². The van der Waals surface area contributed by atoms with Crippen molar-refractivity contribution >= 4 is 5.97 Å². The van der Waals surface area contributed by atoms with Gasteiger partial charge in [-0.3, -0.25) is 4.98 Å². The van der Waals surface area contributed by atoms with Gasteiger partial charge in [0.15, 0.2) is 0 Å². The van der Waals surface area contributed by atoms with Gasteiger partial charge in [-0.2, -0.15) is 0 Å². The second kappa shape index (κ2) is 10.7. The normalized spacial score (nSPS) is 7.60. The van der Waals surface area contributed by atoms with Crippen LogP contribution < -0.4 is 0 Å². The van der Waals surface area contributed by atoms with Crippen LogP contribution in [0, 0.1) is 6.92 Å². The number of pyridine rings is 1. The van der Waals surface area contributed by atoms with Gasteiger partial charge in [-0.15, -0.1) is 0 Å². The fourth-order valence-electron chi connectivity index (χ4n) is 0.784. The van der Waals surface area contributed by atoms with Crippen molar-refractivity contribution in [2.45, 2.75) is 34.6 Å². The quantitative estimate of drug-likeness (QED) is 0.669. The zero-order chi connectivity index (χ0) is 12.3. The van der Waals surface area contributed by atoms with E-state index in [1.54, 1.807) is 12.3 Å². The molecule has 0 fully saturated rings. The van der Waals surface area contributed by atoms with Crippen LogP contribution in [0.25, 0.3) is 0 Å². The fraction of sp³-hybridized carbons (Fsp3) is 0.500. The number of aromatic nitrogens is 1. The Morgan fingerprint density at radius 1 is 1.20 bits per heavy atom. The first-order valence-corrected chi connectivity index (χ1v) is 5.24. The van der Waals surface area contributed by atoms with Gasteiger partial charge >= 0.3 is 5.97 Å². The number of esters is 1. The molecular formula is C12H21NO2. The van der Waals surface area contributed by atoms with E-state index in [0.29, 0.717) is 5.56 Å². The topological polar surface area (TPSA) is 39.2 Å². The molecule has 0 N–H and O–H groups in total. The van der Waals surface area contributed by atoms with Crippen LogP contribution in [0.4, 0.5) is 0 Å². The molecule has 0 spiro atoms. The summed E-state index contributed by atoms with van der Waals surface area (Å²) in [4.78, 5) is 14.8. The van der Waals surface area contributed by atoms with Crippen molar-refractivity contribution in [3.05, 3.63) is 29.6 Å². The highest BCUT2D eigenvalue weighted by molar-refractivity contribution is 5.88. The molecule has 0 aliphatic rings. The van der Waals surface area contributed by atoms with Gasteiger partial charge in [0.1, 0.15) is 0 Å². The summed E-state index contributed by atoms with van der Waals surface area (Å²) < 4.78 is 4.51. The maximum atomic E-state index is 10.9. The van der Waals surface area contributed by atoms with Crippen LogP contribution in [0.5, 0.6) is 0 Å². The van der Waals surface area contributed by atoms with Crippen molar-refractivity contribution in [1.82, 2.24) is 4.98 Å². The lowest BCUT2D eigenvalue weighted by Gasteiger charge is -1.97. The van der Waals surface area contributed by atoms with Crippen molar-refractivity contribution in [3.8, 4) is 0 Å². The van der Waals surface area contributed by atoms with Gasteiger partial charge in [0, 0.05) is 12.4 Å². The Morgan fingerprint density at radius 2 is 1.73 bits per heavy atom. The van der Waals surface area contributed by atoms with Gasteiger partial charge in [-0.25, -0.2) is 4.79 Å². The van der Waals surface area contributed by atoms with Crippen LogP contribution in [-0.4, -0.2) is 18.1 Å². The second-order valence-corrected chi connectivity index (χ2v) is 2.24. The zero-order valence-electron chi connectivity index (χ0n) is 10.5. The maximum absolute atomic E-state index is 10.9. The number of ether oxygens (including phenoxy) is 1. The van der Waals surface area contributed by atoms with Crippen LogP contribution >= 0.6 is 0 Å². The SMILES string of the molecule is CC.CC.COC(=O)c1cncc(C)c1. The van der Waals surface area contributed by atoms with E-state index in [4.69, 9.17) is 0 Å². The molecule has 1 aromatic heterocycles. The van der Waals surface area contributed by atoms with E-state index in [9.17, 15) is 4.79 Å². The smallest absolute Gasteiger partial charge is 0.339 e. The first-order chi connectivity index (χ1) is 7.24. The molecule has 0 atom stereocenters. The number of hydrogen-bond donors (Lipinski definition) is 0. The molecule has 0 amide bonds. The number of rotatable bonds is 1. The number of nitrogens with zero attached hydrogens (tertiary/aromatic N) is 1. The van der Waals surface area contributed by atoms with Crippen molar-refractivity contribution < 1.29 is 9.53 Å². The van der Waals surface area contributed by atoms with Gasteiger partial charge in [0.25, 0.3) is 0 Å². The minimum atomic E-state index is -0.346. The highest BCUT2D eigenvalue weighted by Crippen LogP contribution is 2.01. The van der Waals surface area contributed by atoms with Crippen molar-refractivity contribution in [2.24, 2.45) is 0 Å². The van der Waals surface area contributed by atoms with Gasteiger partial charge in [-0.1, -0.05) is 27.7 Å². The summed E-state index contributed by atoms with van der Waals surface area (Å²) in [5.41, 5.74) is 1.44. The third-order valence-corrected chi connectivity index (χ3v) is 1.30. The molecule has 3 nitrogen and oxygen atoms in total. The summed E-state index contributed by atoms with van der Waals surface area (Å²) in [5, 5.41) is 0. The fourth-order valence-corrected chi connectivity index (χ4v) is 0.784. The highest BCUT2D eigenvalue weighted by Gasteiger charge is 2.03. The monoisotopic (exact) mass is 211 g/mol. The first kappa shape index (κ1) is 16.1. The lowest BCUT2D eigenvalue weighted by Crippen LogP contribution is -2.01. The van der Waals surface area contributed by atoms with Gasteiger partial charge in [-0.05, 0) is 18.6 Å². The predicted octanol–water partition coefficient (Wildman–Crippen LogP) is 3.23. The molecule has 0 radical (unpaired) electrons. The minimum Gasteiger partial charge on any atom is -0.465 e. The van der Waals surface area contributed by atoms with Crippen molar-refractivity contribution in [3.63, 3.8) is 0 Å². The van der Waals surface area contributed by atoms with Gasteiger partial charge < -0.3 is 4.74 Å². The summed E-state index contributed by atoms with van der Waals surface area (Å²) in [5.74, 6) is -0.346. The molecule has 1 heterocycles. The average Bonchev–Trinajstić information content (AvgIpc) is 2.33. The van der Waals surface area contributed by atoms with E-state index in [2.05, 4.69) is 9.72 Å². The Balaban J connectivity index is 0. The molecule has 0 bridgehead atoms. The lowest BCUT2D eigenvalue weighted by atomic mass is 10.2. The number of hydrogen-bond acceptors (Lipinski definition) is 3. The molecule has 0 unspecified atom stereocenters. The number of carbonyl (C=O) groups is 1. The molecule has 0 saturated carbocycles. The number of carbonyl (C=O) groups excluding carboxylic acids is 1. The predicted molar refractivity (Wildman–Crippen MR) is 63.0 cm³/mol. The van der Waals surface area contributed by atoms with E-state index in [1.807, 2.05) is 34.6 Å². The Bertz CT molecular complexity index is 272. The molecule has 15 heavy (non-hydrogen) atoms. The lowest BCUT2D eigenvalue weighted by molar-refractivity contribution is 0.0600.